The van der Waals surface area contributed by atoms with Crippen LogP contribution in [0.2, 0.25) is 0 Å². The van der Waals surface area contributed by atoms with E-state index in [0.717, 1.165) is 36.1 Å². The number of aromatic nitrogens is 2. The Kier molecular flexibility index (Phi) is 5.06. The molecule has 1 atom stereocenters. The topological polar surface area (TPSA) is 84.2 Å². The number of nitrogens with zero attached hydrogens (tertiary/aromatic N) is 2. The molecule has 6 nitrogen and oxygen atoms in total. The Morgan fingerprint density at radius 2 is 2.15 bits per heavy atom. The second-order valence-corrected chi connectivity index (χ2v) is 6.80. The monoisotopic (exact) mass is 359 g/mol. The summed E-state index contributed by atoms with van der Waals surface area (Å²) in [6.45, 7) is 3.58. The molecule has 7 heteroatoms. The van der Waals surface area contributed by atoms with E-state index in [-0.39, 0.29) is 24.2 Å². The van der Waals surface area contributed by atoms with Gasteiger partial charge in [-0.3, -0.25) is 9.59 Å². The lowest BCUT2D eigenvalue weighted by atomic mass is 10.1. The fourth-order valence-electron chi connectivity index (χ4n) is 3.31. The van der Waals surface area contributed by atoms with Crippen LogP contribution in [0.1, 0.15) is 53.5 Å². The number of aliphatic carboxylic acids is 1. The van der Waals surface area contributed by atoms with Crippen molar-refractivity contribution in [2.75, 3.05) is 0 Å². The quantitative estimate of drug-likeness (QED) is 0.831. The molecule has 26 heavy (non-hydrogen) atoms. The maximum Gasteiger partial charge on any atom is 0.303 e. The lowest BCUT2D eigenvalue weighted by molar-refractivity contribution is -0.137. The molecule has 3 rings (SSSR count). The number of rotatable bonds is 6. The Balaban J connectivity index is 1.87. The van der Waals surface area contributed by atoms with E-state index in [2.05, 4.69) is 10.4 Å². The summed E-state index contributed by atoms with van der Waals surface area (Å²) in [4.78, 5) is 23.3. The van der Waals surface area contributed by atoms with Crippen molar-refractivity contribution < 1.29 is 19.1 Å². The van der Waals surface area contributed by atoms with Crippen molar-refractivity contribution >= 4 is 11.9 Å². The van der Waals surface area contributed by atoms with E-state index in [4.69, 9.17) is 5.11 Å². The zero-order valence-electron chi connectivity index (χ0n) is 14.9. The third-order valence-corrected chi connectivity index (χ3v) is 4.65. The fourth-order valence-corrected chi connectivity index (χ4v) is 3.31. The van der Waals surface area contributed by atoms with Gasteiger partial charge < -0.3 is 10.4 Å². The Hall–Kier alpha value is -2.70. The summed E-state index contributed by atoms with van der Waals surface area (Å²) in [5, 5.41) is 15.9. The van der Waals surface area contributed by atoms with Crippen molar-refractivity contribution in [3.05, 3.63) is 46.5 Å². The molecule has 1 aliphatic rings. The van der Waals surface area contributed by atoms with Gasteiger partial charge in [0.05, 0.1) is 0 Å². The van der Waals surface area contributed by atoms with Gasteiger partial charge in [-0.05, 0) is 57.2 Å². The maximum absolute atomic E-state index is 14.4. The van der Waals surface area contributed by atoms with Crippen LogP contribution in [0, 0.1) is 12.7 Å². The van der Waals surface area contributed by atoms with Gasteiger partial charge >= 0.3 is 5.97 Å². The molecule has 1 aromatic heterocycles. The largest absolute Gasteiger partial charge is 0.481 e. The zero-order valence-corrected chi connectivity index (χ0v) is 14.9. The molecule has 0 aliphatic heterocycles. The van der Waals surface area contributed by atoms with Gasteiger partial charge in [-0.2, -0.15) is 5.10 Å². The van der Waals surface area contributed by atoms with Crippen molar-refractivity contribution in [2.45, 2.75) is 52.0 Å². The lowest BCUT2D eigenvalue weighted by Crippen LogP contribution is -2.33. The Morgan fingerprint density at radius 1 is 1.38 bits per heavy atom. The van der Waals surface area contributed by atoms with Crippen LogP contribution in [0.15, 0.2) is 18.2 Å². The molecule has 2 N–H and O–H groups in total. The molecule has 0 saturated carbocycles. The van der Waals surface area contributed by atoms with Crippen LogP contribution in [-0.2, 0) is 17.6 Å². The van der Waals surface area contributed by atoms with E-state index >= 15 is 0 Å². The summed E-state index contributed by atoms with van der Waals surface area (Å²) in [6.07, 6.45) is 2.71. The van der Waals surface area contributed by atoms with E-state index < -0.39 is 5.97 Å². The minimum atomic E-state index is -0.897. The molecule has 138 valence electrons. The van der Waals surface area contributed by atoms with Crippen LogP contribution in [0.4, 0.5) is 4.39 Å². The Bertz CT molecular complexity index is 860. The van der Waals surface area contributed by atoms with E-state index in [1.54, 1.807) is 13.0 Å². The highest BCUT2D eigenvalue weighted by molar-refractivity contribution is 5.94. The standard InChI is InChI=1S/C19H22FN3O3/c1-11-6-8-16(14(20)10-11)23-15-5-3-4-13(15)18(22-23)19(26)21-12(2)7-9-17(24)25/h6,8,10,12H,3-5,7,9H2,1-2H3,(H,21,26)(H,24,25). The van der Waals surface area contributed by atoms with Crippen LogP contribution in [0.5, 0.6) is 0 Å². The lowest BCUT2D eigenvalue weighted by Gasteiger charge is -2.12. The molecular weight excluding hydrogens is 337 g/mol. The summed E-state index contributed by atoms with van der Waals surface area (Å²) in [7, 11) is 0. The molecule has 1 aromatic carbocycles. The minimum Gasteiger partial charge on any atom is -0.481 e. The number of fused-ring (bicyclic) bond motifs is 1. The molecule has 1 heterocycles. The number of carboxylic acids is 1. The zero-order chi connectivity index (χ0) is 18.8. The number of amides is 1. The summed E-state index contributed by atoms with van der Waals surface area (Å²) in [5.74, 6) is -1.61. The highest BCUT2D eigenvalue weighted by Gasteiger charge is 2.28. The fraction of sp³-hybridized carbons (Fsp3) is 0.421. The van der Waals surface area contributed by atoms with Gasteiger partial charge in [0.15, 0.2) is 5.69 Å². The van der Waals surface area contributed by atoms with Gasteiger partial charge in [-0.25, -0.2) is 9.07 Å². The summed E-state index contributed by atoms with van der Waals surface area (Å²) < 4.78 is 15.9. The van der Waals surface area contributed by atoms with Crippen LogP contribution >= 0.6 is 0 Å². The summed E-state index contributed by atoms with van der Waals surface area (Å²) >= 11 is 0. The maximum atomic E-state index is 14.4. The molecular formula is C19H22FN3O3. The number of carbonyl (C=O) groups is 2. The van der Waals surface area contributed by atoms with E-state index in [1.807, 2.05) is 13.0 Å². The number of hydrogen-bond donors (Lipinski definition) is 2. The highest BCUT2D eigenvalue weighted by atomic mass is 19.1. The van der Waals surface area contributed by atoms with Crippen LogP contribution in [-0.4, -0.2) is 32.8 Å². The van der Waals surface area contributed by atoms with Gasteiger partial charge in [-0.1, -0.05) is 6.07 Å². The molecule has 0 fully saturated rings. The molecule has 1 unspecified atom stereocenters. The molecule has 0 spiro atoms. The number of carbonyl (C=O) groups excluding carboxylic acids is 1. The number of nitrogens with one attached hydrogen (secondary N) is 1. The van der Waals surface area contributed by atoms with E-state index in [0.29, 0.717) is 17.8 Å². The first-order valence-corrected chi connectivity index (χ1v) is 8.76. The molecule has 0 radical (unpaired) electrons. The molecule has 1 aliphatic carbocycles. The van der Waals surface area contributed by atoms with E-state index in [1.165, 1.54) is 10.7 Å². The van der Waals surface area contributed by atoms with Crippen LogP contribution in [0.25, 0.3) is 5.69 Å². The van der Waals surface area contributed by atoms with Crippen molar-refractivity contribution in [2.24, 2.45) is 0 Å². The average Bonchev–Trinajstić information content (AvgIpc) is 3.15. The normalized spacial score (nSPS) is 14.1. The van der Waals surface area contributed by atoms with Gasteiger partial charge in [0.1, 0.15) is 11.5 Å². The first kappa shape index (κ1) is 18.1. The van der Waals surface area contributed by atoms with Crippen LogP contribution in [0.3, 0.4) is 0 Å². The van der Waals surface area contributed by atoms with Crippen LogP contribution < -0.4 is 5.32 Å². The first-order chi connectivity index (χ1) is 12.4. The Labute approximate surface area is 151 Å². The Morgan fingerprint density at radius 3 is 2.85 bits per heavy atom. The third-order valence-electron chi connectivity index (χ3n) is 4.65. The van der Waals surface area contributed by atoms with E-state index in [9.17, 15) is 14.0 Å². The second kappa shape index (κ2) is 7.27. The first-order valence-electron chi connectivity index (χ1n) is 8.76. The number of halogens is 1. The number of benzene rings is 1. The predicted octanol–water partition coefficient (Wildman–Crippen LogP) is 2.79. The van der Waals surface area contributed by atoms with Gasteiger partial charge in [0.2, 0.25) is 0 Å². The smallest absolute Gasteiger partial charge is 0.303 e. The van der Waals surface area contributed by atoms with Gasteiger partial charge in [0.25, 0.3) is 5.91 Å². The number of aryl methyl sites for hydroxylation is 1. The van der Waals surface area contributed by atoms with Gasteiger partial charge in [0, 0.05) is 23.7 Å². The SMILES string of the molecule is Cc1ccc(-n2nc(C(=O)NC(C)CCC(=O)O)c3c2CCC3)c(F)c1. The third kappa shape index (κ3) is 3.61. The minimum absolute atomic E-state index is 0.0113. The summed E-state index contributed by atoms with van der Waals surface area (Å²) in [6, 6.07) is 4.66. The predicted molar refractivity (Wildman–Crippen MR) is 94.1 cm³/mol. The molecule has 1 amide bonds. The summed E-state index contributed by atoms with van der Waals surface area (Å²) in [5.41, 5.74) is 3.19. The number of hydrogen-bond acceptors (Lipinski definition) is 3. The second-order valence-electron chi connectivity index (χ2n) is 6.80. The molecule has 2 aromatic rings. The molecule has 0 saturated heterocycles. The van der Waals surface area contributed by atoms with Crippen molar-refractivity contribution in [3.8, 4) is 5.69 Å². The highest BCUT2D eigenvalue weighted by Crippen LogP contribution is 2.29. The van der Waals surface area contributed by atoms with Crippen molar-refractivity contribution in [1.82, 2.24) is 15.1 Å². The van der Waals surface area contributed by atoms with Crippen molar-refractivity contribution in [3.63, 3.8) is 0 Å². The number of carboxylic acid groups (broad SMARTS) is 1. The average molecular weight is 359 g/mol. The van der Waals surface area contributed by atoms with Crippen molar-refractivity contribution in [1.29, 1.82) is 0 Å². The molecule has 0 bridgehead atoms. The van der Waals surface area contributed by atoms with Gasteiger partial charge in [-0.15, -0.1) is 0 Å².